The monoisotopic (exact) mass is 573 g/mol. The minimum Gasteiger partial charge on any atom is -0.507 e. The van der Waals surface area contributed by atoms with Crippen LogP contribution in [0.25, 0.3) is 10.8 Å². The van der Waals surface area contributed by atoms with Gasteiger partial charge in [0.1, 0.15) is 34.5 Å². The summed E-state index contributed by atoms with van der Waals surface area (Å²) in [4.78, 5) is 0. The third kappa shape index (κ3) is 5.26. The highest BCUT2D eigenvalue weighted by Crippen LogP contribution is 2.46. The van der Waals surface area contributed by atoms with Gasteiger partial charge in [0, 0.05) is 35.6 Å². The number of aromatic hydroxyl groups is 1. The zero-order valence-electron chi connectivity index (χ0n) is 23.4. The van der Waals surface area contributed by atoms with E-state index in [-0.39, 0.29) is 5.75 Å². The molecular formula is C31H31N3O6S. The Bertz CT molecular complexity index is 1610. The Morgan fingerprint density at radius 3 is 2.15 bits per heavy atom. The van der Waals surface area contributed by atoms with Crippen molar-refractivity contribution in [2.24, 2.45) is 5.10 Å². The van der Waals surface area contributed by atoms with Gasteiger partial charge in [-0.05, 0) is 35.8 Å². The van der Waals surface area contributed by atoms with E-state index in [1.165, 1.54) is 0 Å². The molecule has 1 atom stereocenters. The minimum atomic E-state index is -0.434. The van der Waals surface area contributed by atoms with Crippen LogP contribution in [0.15, 0.2) is 71.8 Å². The summed E-state index contributed by atoms with van der Waals surface area (Å²) in [6.07, 6.45) is 0.409. The summed E-state index contributed by atoms with van der Waals surface area (Å²) >= 11 is 5.91. The van der Waals surface area contributed by atoms with Gasteiger partial charge in [-0.3, -0.25) is 0 Å². The molecule has 1 unspecified atom stereocenters. The van der Waals surface area contributed by atoms with Crippen LogP contribution in [0.5, 0.6) is 34.5 Å². The highest BCUT2D eigenvalue weighted by molar-refractivity contribution is 7.80. The molecular weight excluding hydrogens is 542 g/mol. The summed E-state index contributed by atoms with van der Waals surface area (Å²) in [5.41, 5.74) is 2.65. The molecule has 0 fully saturated rings. The van der Waals surface area contributed by atoms with E-state index in [9.17, 15) is 5.11 Å². The van der Waals surface area contributed by atoms with Crippen LogP contribution < -0.4 is 29.0 Å². The fourth-order valence-electron chi connectivity index (χ4n) is 5.01. The molecule has 0 saturated carbocycles. The van der Waals surface area contributed by atoms with Gasteiger partial charge in [-0.2, -0.15) is 5.10 Å². The molecule has 0 radical (unpaired) electrons. The van der Waals surface area contributed by atoms with E-state index in [0.29, 0.717) is 57.2 Å². The van der Waals surface area contributed by atoms with Gasteiger partial charge in [0.2, 0.25) is 0 Å². The molecule has 0 amide bonds. The van der Waals surface area contributed by atoms with Crippen molar-refractivity contribution in [3.05, 3.63) is 77.9 Å². The number of thiocarbonyl (C=S) groups is 1. The Morgan fingerprint density at radius 2 is 1.49 bits per heavy atom. The van der Waals surface area contributed by atoms with Gasteiger partial charge in [0.25, 0.3) is 0 Å². The molecule has 0 spiro atoms. The molecule has 0 bridgehead atoms. The van der Waals surface area contributed by atoms with Gasteiger partial charge < -0.3 is 34.1 Å². The summed E-state index contributed by atoms with van der Waals surface area (Å²) < 4.78 is 27.9. The minimum absolute atomic E-state index is 0.159. The normalized spacial score (nSPS) is 14.4. The number of phenolic OH excluding ortho intramolecular Hbond substituents is 1. The van der Waals surface area contributed by atoms with Crippen LogP contribution in [0.1, 0.15) is 23.6 Å². The number of phenols is 1. The lowest BCUT2D eigenvalue weighted by molar-refractivity contribution is 0.324. The van der Waals surface area contributed by atoms with Crippen LogP contribution in [0, 0.1) is 0 Å². The lowest BCUT2D eigenvalue weighted by Gasteiger charge is -2.28. The third-order valence-electron chi connectivity index (χ3n) is 7.07. The van der Waals surface area contributed by atoms with Gasteiger partial charge in [0.05, 0.1) is 58.6 Å². The van der Waals surface area contributed by atoms with Gasteiger partial charge in [-0.25, -0.2) is 5.01 Å². The van der Waals surface area contributed by atoms with Crippen LogP contribution in [0.3, 0.4) is 0 Å². The Kier molecular flexibility index (Phi) is 8.02. The van der Waals surface area contributed by atoms with Crippen molar-refractivity contribution in [1.82, 2.24) is 5.01 Å². The Morgan fingerprint density at radius 1 is 0.829 bits per heavy atom. The van der Waals surface area contributed by atoms with Crippen molar-refractivity contribution in [2.45, 2.75) is 12.5 Å². The SMILES string of the molecule is COc1ccc(NC(=S)N2N=C(c3ccc4ccccc4c3O)CC2c2c(OC)cc(OC)cc2OC)c(OC)c1. The zero-order chi connectivity index (χ0) is 29.1. The van der Waals surface area contributed by atoms with Crippen LogP contribution in [0.2, 0.25) is 0 Å². The summed E-state index contributed by atoms with van der Waals surface area (Å²) in [5, 5.41) is 23.2. The second-order valence-electron chi connectivity index (χ2n) is 9.24. The quantitative estimate of drug-likeness (QED) is 0.241. The number of hydrogen-bond donors (Lipinski definition) is 2. The number of fused-ring (bicyclic) bond motifs is 1. The number of hydrazone groups is 1. The predicted octanol–water partition coefficient (Wildman–Crippen LogP) is 6.14. The molecule has 9 nitrogen and oxygen atoms in total. The van der Waals surface area contributed by atoms with Gasteiger partial charge in [0.15, 0.2) is 5.11 Å². The fourth-order valence-corrected chi connectivity index (χ4v) is 5.29. The summed E-state index contributed by atoms with van der Waals surface area (Å²) in [6.45, 7) is 0. The summed E-state index contributed by atoms with van der Waals surface area (Å²) in [5.74, 6) is 3.06. The number of hydrogen-bond acceptors (Lipinski definition) is 8. The molecule has 0 aromatic heterocycles. The van der Waals surface area contributed by atoms with Crippen molar-refractivity contribution in [1.29, 1.82) is 0 Å². The van der Waals surface area contributed by atoms with E-state index in [2.05, 4.69) is 5.32 Å². The first-order chi connectivity index (χ1) is 19.9. The van der Waals surface area contributed by atoms with E-state index in [1.807, 2.05) is 48.5 Å². The van der Waals surface area contributed by atoms with Crippen molar-refractivity contribution in [2.75, 3.05) is 40.9 Å². The van der Waals surface area contributed by atoms with E-state index in [4.69, 9.17) is 41.0 Å². The van der Waals surface area contributed by atoms with Crippen molar-refractivity contribution < 1.29 is 28.8 Å². The fraction of sp³-hybridized carbons (Fsp3) is 0.226. The maximum Gasteiger partial charge on any atom is 0.194 e. The first-order valence-corrected chi connectivity index (χ1v) is 13.2. The molecule has 4 aromatic carbocycles. The van der Waals surface area contributed by atoms with Gasteiger partial charge in [-0.15, -0.1) is 0 Å². The number of benzene rings is 4. The standard InChI is InChI=1S/C31H31N3O6S/c1-36-19-11-13-23(26(14-19)38-3)32-31(41)34-25(29-27(39-4)15-20(37-2)16-28(29)40-5)17-24(33-34)22-12-10-18-8-6-7-9-21(18)30(22)35/h6-16,25,35H,17H2,1-5H3,(H,32,41). The molecule has 5 rings (SSSR count). The lowest BCUT2D eigenvalue weighted by Crippen LogP contribution is -2.31. The molecule has 4 aromatic rings. The third-order valence-corrected chi connectivity index (χ3v) is 7.36. The van der Waals surface area contributed by atoms with Crippen molar-refractivity contribution >= 4 is 39.5 Å². The van der Waals surface area contributed by atoms with Gasteiger partial charge in [-0.1, -0.05) is 30.3 Å². The number of nitrogens with one attached hydrogen (secondary N) is 1. The Hall–Kier alpha value is -4.70. The predicted molar refractivity (Wildman–Crippen MR) is 163 cm³/mol. The second kappa shape index (κ2) is 11.8. The highest BCUT2D eigenvalue weighted by Gasteiger charge is 2.37. The van der Waals surface area contributed by atoms with E-state index in [0.717, 1.165) is 16.3 Å². The van der Waals surface area contributed by atoms with Crippen molar-refractivity contribution in [3.63, 3.8) is 0 Å². The summed E-state index contributed by atoms with van der Waals surface area (Å²) in [7, 11) is 7.93. The number of ether oxygens (including phenoxy) is 5. The second-order valence-corrected chi connectivity index (χ2v) is 9.62. The topological polar surface area (TPSA) is 94.0 Å². The zero-order valence-corrected chi connectivity index (χ0v) is 24.2. The molecule has 41 heavy (non-hydrogen) atoms. The average Bonchev–Trinajstić information content (AvgIpc) is 3.45. The molecule has 10 heteroatoms. The average molecular weight is 574 g/mol. The molecule has 0 saturated heterocycles. The van der Waals surface area contributed by atoms with Crippen molar-refractivity contribution in [3.8, 4) is 34.5 Å². The highest BCUT2D eigenvalue weighted by atomic mass is 32.1. The van der Waals surface area contributed by atoms with E-state index < -0.39 is 6.04 Å². The lowest BCUT2D eigenvalue weighted by atomic mass is 9.95. The van der Waals surface area contributed by atoms with Gasteiger partial charge >= 0.3 is 0 Å². The molecule has 212 valence electrons. The summed E-state index contributed by atoms with van der Waals surface area (Å²) in [6, 6.07) is 20.1. The smallest absolute Gasteiger partial charge is 0.194 e. The molecule has 1 heterocycles. The first-order valence-electron chi connectivity index (χ1n) is 12.8. The van der Waals surface area contributed by atoms with Crippen LogP contribution >= 0.6 is 12.2 Å². The maximum absolute atomic E-state index is 11.3. The maximum atomic E-state index is 11.3. The van der Waals surface area contributed by atoms with Crippen LogP contribution in [-0.4, -0.2) is 56.5 Å². The Labute approximate surface area is 243 Å². The molecule has 0 aliphatic carbocycles. The van der Waals surface area contributed by atoms with E-state index >= 15 is 0 Å². The van der Waals surface area contributed by atoms with Crippen LogP contribution in [-0.2, 0) is 0 Å². The van der Waals surface area contributed by atoms with E-state index in [1.54, 1.807) is 58.8 Å². The number of nitrogens with zero attached hydrogens (tertiary/aromatic N) is 2. The molecule has 1 aliphatic heterocycles. The van der Waals surface area contributed by atoms with Crippen LogP contribution in [0.4, 0.5) is 5.69 Å². The largest absolute Gasteiger partial charge is 0.507 e. The number of methoxy groups -OCH3 is 5. The first kappa shape index (κ1) is 27.9. The number of anilines is 1. The Balaban J connectivity index is 1.61. The molecule has 1 aliphatic rings. The number of rotatable bonds is 8. The molecule has 2 N–H and O–H groups in total.